The molecule has 0 aliphatic rings. The second-order valence-electron chi connectivity index (χ2n) is 5.50. The minimum Gasteiger partial charge on any atom is -0.493 e. The number of ether oxygens (including phenoxy) is 1. The summed E-state index contributed by atoms with van der Waals surface area (Å²) in [6.07, 6.45) is 0. The second kappa shape index (κ2) is 6.93. The van der Waals surface area contributed by atoms with E-state index in [0.717, 1.165) is 17.0 Å². The molecule has 0 spiro atoms. The summed E-state index contributed by atoms with van der Waals surface area (Å²) in [6.45, 7) is 6.85. The molecule has 0 bridgehead atoms. The van der Waals surface area contributed by atoms with Gasteiger partial charge >= 0.3 is 0 Å². The van der Waals surface area contributed by atoms with E-state index in [1.165, 1.54) is 0 Å². The summed E-state index contributed by atoms with van der Waals surface area (Å²) < 4.78 is 5.61. The van der Waals surface area contributed by atoms with Crippen molar-refractivity contribution in [2.24, 2.45) is 5.92 Å². The molecule has 1 N–H and O–H groups in total. The predicted molar refractivity (Wildman–Crippen MR) is 85.9 cm³/mol. The molecule has 2 aromatic carbocycles. The number of benzene rings is 2. The van der Waals surface area contributed by atoms with E-state index in [9.17, 15) is 4.79 Å². The maximum atomic E-state index is 12.2. The van der Waals surface area contributed by atoms with Gasteiger partial charge in [0.2, 0.25) is 0 Å². The summed E-state index contributed by atoms with van der Waals surface area (Å²) in [5.74, 6) is 1.16. The summed E-state index contributed by atoms with van der Waals surface area (Å²) in [5, 5.41) is 2.92. The normalized spacial score (nSPS) is 10.5. The largest absolute Gasteiger partial charge is 0.493 e. The number of aryl methyl sites for hydroxylation is 1. The van der Waals surface area contributed by atoms with Crippen LogP contribution in [0.3, 0.4) is 0 Å². The minimum atomic E-state index is -0.111. The average molecular weight is 283 g/mol. The number of nitrogens with one attached hydrogen (secondary N) is 1. The lowest BCUT2D eigenvalue weighted by atomic mass is 10.1. The van der Waals surface area contributed by atoms with E-state index in [0.29, 0.717) is 18.1 Å². The van der Waals surface area contributed by atoms with Gasteiger partial charge in [0, 0.05) is 11.3 Å². The predicted octanol–water partition coefficient (Wildman–Crippen LogP) is 4.28. The van der Waals surface area contributed by atoms with Crippen LogP contribution in [0.1, 0.15) is 29.8 Å². The summed E-state index contributed by atoms with van der Waals surface area (Å²) in [7, 11) is 0. The highest BCUT2D eigenvalue weighted by Gasteiger charge is 2.07. The summed E-state index contributed by atoms with van der Waals surface area (Å²) in [4.78, 5) is 12.2. The number of para-hydroxylation sites is 1. The fraction of sp³-hybridized carbons (Fsp3) is 0.278. The Labute approximate surface area is 126 Å². The Balaban J connectivity index is 2.01. The summed E-state index contributed by atoms with van der Waals surface area (Å²) >= 11 is 0. The van der Waals surface area contributed by atoms with E-state index >= 15 is 0 Å². The highest BCUT2D eigenvalue weighted by atomic mass is 16.5. The van der Waals surface area contributed by atoms with Crippen LogP contribution >= 0.6 is 0 Å². The van der Waals surface area contributed by atoms with Crippen molar-refractivity contribution in [2.75, 3.05) is 11.9 Å². The van der Waals surface area contributed by atoms with Gasteiger partial charge in [-0.1, -0.05) is 32.0 Å². The van der Waals surface area contributed by atoms with E-state index in [4.69, 9.17) is 4.74 Å². The lowest BCUT2D eigenvalue weighted by Gasteiger charge is -2.10. The Hall–Kier alpha value is -2.29. The molecule has 0 aliphatic heterocycles. The van der Waals surface area contributed by atoms with E-state index in [-0.39, 0.29) is 5.91 Å². The Morgan fingerprint density at radius 2 is 1.76 bits per heavy atom. The average Bonchev–Trinajstić information content (AvgIpc) is 2.48. The van der Waals surface area contributed by atoms with Crippen LogP contribution in [0.15, 0.2) is 48.5 Å². The van der Waals surface area contributed by atoms with Crippen molar-refractivity contribution < 1.29 is 9.53 Å². The zero-order chi connectivity index (χ0) is 15.2. The van der Waals surface area contributed by atoms with Crippen LogP contribution in [0.5, 0.6) is 5.75 Å². The zero-order valence-corrected chi connectivity index (χ0v) is 12.7. The van der Waals surface area contributed by atoms with Gasteiger partial charge in [-0.2, -0.15) is 0 Å². The maximum absolute atomic E-state index is 12.2. The molecule has 2 aromatic rings. The quantitative estimate of drug-likeness (QED) is 0.889. The molecule has 0 aliphatic carbocycles. The van der Waals surface area contributed by atoms with Crippen LogP contribution in [-0.2, 0) is 0 Å². The summed E-state index contributed by atoms with van der Waals surface area (Å²) in [6, 6.07) is 14.9. The van der Waals surface area contributed by atoms with Gasteiger partial charge in [-0.05, 0) is 48.7 Å². The van der Waals surface area contributed by atoms with Crippen LogP contribution in [0.2, 0.25) is 0 Å². The Kier molecular flexibility index (Phi) is 4.99. The molecule has 0 heterocycles. The standard InChI is InChI=1S/C18H21NO2/c1-13(2)12-21-16-10-8-15(9-11-16)18(20)19-17-7-5-4-6-14(17)3/h4-11,13H,12H2,1-3H3,(H,19,20). The number of hydrogen-bond acceptors (Lipinski definition) is 2. The molecule has 0 saturated carbocycles. The lowest BCUT2D eigenvalue weighted by molar-refractivity contribution is 0.102. The molecular weight excluding hydrogens is 262 g/mol. The van der Waals surface area contributed by atoms with Gasteiger partial charge in [0.25, 0.3) is 5.91 Å². The van der Waals surface area contributed by atoms with E-state index < -0.39 is 0 Å². The van der Waals surface area contributed by atoms with Gasteiger partial charge in [-0.25, -0.2) is 0 Å². The van der Waals surface area contributed by atoms with Gasteiger partial charge in [-0.15, -0.1) is 0 Å². The molecule has 3 heteroatoms. The highest BCUT2D eigenvalue weighted by molar-refractivity contribution is 6.04. The minimum absolute atomic E-state index is 0.111. The summed E-state index contributed by atoms with van der Waals surface area (Å²) in [5.41, 5.74) is 2.50. The first kappa shape index (κ1) is 15.1. The molecule has 0 radical (unpaired) electrons. The molecule has 1 amide bonds. The molecule has 0 aromatic heterocycles. The Morgan fingerprint density at radius 3 is 2.38 bits per heavy atom. The molecule has 21 heavy (non-hydrogen) atoms. The lowest BCUT2D eigenvalue weighted by Crippen LogP contribution is -2.12. The van der Waals surface area contributed by atoms with E-state index in [1.807, 2.05) is 43.3 Å². The highest BCUT2D eigenvalue weighted by Crippen LogP contribution is 2.17. The van der Waals surface area contributed by atoms with Gasteiger partial charge < -0.3 is 10.1 Å². The molecule has 3 nitrogen and oxygen atoms in total. The fourth-order valence-corrected chi connectivity index (χ4v) is 1.87. The molecular formula is C18H21NO2. The van der Waals surface area contributed by atoms with Crippen LogP contribution in [0, 0.1) is 12.8 Å². The van der Waals surface area contributed by atoms with Gasteiger partial charge in [0.1, 0.15) is 5.75 Å². The van der Waals surface area contributed by atoms with Crippen molar-refractivity contribution in [2.45, 2.75) is 20.8 Å². The first-order valence-corrected chi connectivity index (χ1v) is 7.16. The number of amides is 1. The van der Waals surface area contributed by atoms with Crippen molar-refractivity contribution in [3.8, 4) is 5.75 Å². The number of anilines is 1. The van der Waals surface area contributed by atoms with Crippen LogP contribution < -0.4 is 10.1 Å². The Morgan fingerprint density at radius 1 is 1.10 bits per heavy atom. The smallest absolute Gasteiger partial charge is 0.255 e. The number of carbonyl (C=O) groups excluding carboxylic acids is 1. The van der Waals surface area contributed by atoms with Gasteiger partial charge in [0.05, 0.1) is 6.61 Å². The van der Waals surface area contributed by atoms with Crippen molar-refractivity contribution in [3.05, 3.63) is 59.7 Å². The Bertz CT molecular complexity index is 603. The number of carbonyl (C=O) groups is 1. The van der Waals surface area contributed by atoms with Crippen LogP contribution in [-0.4, -0.2) is 12.5 Å². The second-order valence-corrected chi connectivity index (χ2v) is 5.50. The molecule has 110 valence electrons. The maximum Gasteiger partial charge on any atom is 0.255 e. The van der Waals surface area contributed by atoms with Gasteiger partial charge in [-0.3, -0.25) is 4.79 Å². The zero-order valence-electron chi connectivity index (χ0n) is 12.7. The third kappa shape index (κ3) is 4.35. The van der Waals surface area contributed by atoms with Crippen LogP contribution in [0.25, 0.3) is 0 Å². The van der Waals surface area contributed by atoms with Gasteiger partial charge in [0.15, 0.2) is 0 Å². The SMILES string of the molecule is Cc1ccccc1NC(=O)c1ccc(OCC(C)C)cc1. The number of rotatable bonds is 5. The third-order valence-electron chi connectivity index (χ3n) is 3.09. The first-order chi connectivity index (χ1) is 10.1. The van der Waals surface area contributed by atoms with Crippen LogP contribution in [0.4, 0.5) is 5.69 Å². The molecule has 0 fully saturated rings. The third-order valence-corrected chi connectivity index (χ3v) is 3.09. The monoisotopic (exact) mass is 283 g/mol. The number of hydrogen-bond donors (Lipinski definition) is 1. The first-order valence-electron chi connectivity index (χ1n) is 7.16. The molecule has 0 saturated heterocycles. The molecule has 2 rings (SSSR count). The molecule has 0 atom stereocenters. The van der Waals surface area contributed by atoms with E-state index in [2.05, 4.69) is 19.2 Å². The fourth-order valence-electron chi connectivity index (χ4n) is 1.87. The van der Waals surface area contributed by atoms with E-state index in [1.54, 1.807) is 12.1 Å². The van der Waals surface area contributed by atoms with Crippen molar-refractivity contribution in [1.82, 2.24) is 0 Å². The molecule has 0 unspecified atom stereocenters. The van der Waals surface area contributed by atoms with Crippen molar-refractivity contribution >= 4 is 11.6 Å². The van der Waals surface area contributed by atoms with Crippen molar-refractivity contribution in [1.29, 1.82) is 0 Å². The topological polar surface area (TPSA) is 38.3 Å². The van der Waals surface area contributed by atoms with Crippen molar-refractivity contribution in [3.63, 3.8) is 0 Å².